The van der Waals surface area contributed by atoms with Crippen molar-refractivity contribution in [1.82, 2.24) is 15.6 Å². The van der Waals surface area contributed by atoms with E-state index in [0.29, 0.717) is 19.0 Å². The van der Waals surface area contributed by atoms with Gasteiger partial charge in [-0.25, -0.2) is 9.98 Å². The molecule has 1 aromatic carbocycles. The van der Waals surface area contributed by atoms with Crippen LogP contribution in [0.15, 0.2) is 47.5 Å². The highest BCUT2D eigenvalue weighted by Gasteiger charge is 2.01. The van der Waals surface area contributed by atoms with Crippen molar-refractivity contribution in [3.05, 3.63) is 53.7 Å². The Morgan fingerprint density at radius 2 is 1.83 bits per heavy atom. The van der Waals surface area contributed by atoms with Crippen LogP contribution in [0.3, 0.4) is 0 Å². The summed E-state index contributed by atoms with van der Waals surface area (Å²) in [5.41, 5.74) is 2.01. The molecule has 0 aliphatic rings. The fourth-order valence-corrected chi connectivity index (χ4v) is 2.09. The van der Waals surface area contributed by atoms with Crippen molar-refractivity contribution in [3.8, 4) is 11.6 Å². The number of pyridine rings is 1. The van der Waals surface area contributed by atoms with Crippen LogP contribution in [0.2, 0.25) is 0 Å². The fraction of sp³-hybridized carbons (Fsp3) is 0.333. The quantitative estimate of drug-likeness (QED) is 0.603. The minimum atomic E-state index is 0.575. The van der Waals surface area contributed by atoms with Crippen LogP contribution in [-0.4, -0.2) is 31.7 Å². The summed E-state index contributed by atoms with van der Waals surface area (Å²) in [5.74, 6) is 2.20. The van der Waals surface area contributed by atoms with Gasteiger partial charge in [-0.2, -0.15) is 0 Å². The molecule has 0 aliphatic carbocycles. The maximum absolute atomic E-state index is 5.16. The van der Waals surface area contributed by atoms with Gasteiger partial charge in [0.05, 0.1) is 33.0 Å². The molecule has 1 aromatic heterocycles. The molecule has 1 heterocycles. The molecule has 0 atom stereocenters. The van der Waals surface area contributed by atoms with Gasteiger partial charge < -0.3 is 20.1 Å². The van der Waals surface area contributed by atoms with Crippen molar-refractivity contribution < 1.29 is 9.47 Å². The van der Waals surface area contributed by atoms with E-state index in [1.54, 1.807) is 14.2 Å². The van der Waals surface area contributed by atoms with Crippen molar-refractivity contribution in [2.45, 2.75) is 20.0 Å². The van der Waals surface area contributed by atoms with Gasteiger partial charge in [0.25, 0.3) is 0 Å². The molecule has 0 radical (unpaired) electrons. The van der Waals surface area contributed by atoms with Gasteiger partial charge in [0.2, 0.25) is 5.88 Å². The van der Waals surface area contributed by atoms with Crippen LogP contribution in [-0.2, 0) is 13.1 Å². The number of hydrogen-bond donors (Lipinski definition) is 2. The Kier molecular flexibility index (Phi) is 6.89. The highest BCUT2D eigenvalue weighted by Crippen LogP contribution is 2.12. The van der Waals surface area contributed by atoms with Gasteiger partial charge in [-0.1, -0.05) is 18.2 Å². The molecular weight excluding hydrogens is 304 g/mol. The summed E-state index contributed by atoms with van der Waals surface area (Å²) in [5, 5.41) is 6.51. The summed E-state index contributed by atoms with van der Waals surface area (Å²) in [6.45, 7) is 3.99. The topological polar surface area (TPSA) is 67.8 Å². The van der Waals surface area contributed by atoms with E-state index in [1.807, 2.05) is 49.4 Å². The van der Waals surface area contributed by atoms with E-state index < -0.39 is 0 Å². The first-order chi connectivity index (χ1) is 11.7. The smallest absolute Gasteiger partial charge is 0.213 e. The molecule has 2 rings (SSSR count). The van der Waals surface area contributed by atoms with E-state index in [9.17, 15) is 0 Å². The summed E-state index contributed by atoms with van der Waals surface area (Å²) in [7, 11) is 3.27. The lowest BCUT2D eigenvalue weighted by Crippen LogP contribution is -2.37. The average molecular weight is 328 g/mol. The molecule has 6 heteroatoms. The Morgan fingerprint density at radius 1 is 1.04 bits per heavy atom. The first-order valence-electron chi connectivity index (χ1n) is 7.90. The molecule has 0 aliphatic heterocycles. The number of guanidine groups is 1. The predicted octanol–water partition coefficient (Wildman–Crippen LogP) is 2.35. The molecule has 24 heavy (non-hydrogen) atoms. The number of nitrogens with zero attached hydrogens (tertiary/aromatic N) is 2. The third kappa shape index (κ3) is 5.46. The summed E-state index contributed by atoms with van der Waals surface area (Å²) in [6, 6.07) is 13.6. The Morgan fingerprint density at radius 3 is 2.50 bits per heavy atom. The third-order valence-corrected chi connectivity index (χ3v) is 3.35. The Balaban J connectivity index is 1.96. The molecule has 0 unspecified atom stereocenters. The van der Waals surface area contributed by atoms with Gasteiger partial charge in [-0.15, -0.1) is 0 Å². The van der Waals surface area contributed by atoms with Gasteiger partial charge in [-0.3, -0.25) is 0 Å². The first-order valence-corrected chi connectivity index (χ1v) is 7.90. The van der Waals surface area contributed by atoms with Crippen molar-refractivity contribution in [3.63, 3.8) is 0 Å². The molecule has 2 N–H and O–H groups in total. The summed E-state index contributed by atoms with van der Waals surface area (Å²) >= 11 is 0. The fourth-order valence-electron chi connectivity index (χ4n) is 2.09. The number of ether oxygens (including phenoxy) is 2. The zero-order valence-electron chi connectivity index (χ0n) is 14.4. The van der Waals surface area contributed by atoms with Gasteiger partial charge in [0.15, 0.2) is 5.96 Å². The predicted molar refractivity (Wildman–Crippen MR) is 95.4 cm³/mol. The number of rotatable bonds is 7. The standard InChI is InChI=1S/C18H24N4O2/c1-4-19-18(20-12-14-8-10-16(23-2)11-9-14)21-13-15-6-5-7-17(22-15)24-3/h5-11H,4,12-13H2,1-3H3,(H2,19,20,21). The summed E-state index contributed by atoms with van der Waals surface area (Å²) in [4.78, 5) is 8.97. The number of aliphatic imine (C=N–C) groups is 1. The van der Waals surface area contributed by atoms with Crippen molar-refractivity contribution >= 4 is 5.96 Å². The zero-order valence-corrected chi connectivity index (χ0v) is 14.4. The number of aromatic nitrogens is 1. The molecular formula is C18H24N4O2. The maximum atomic E-state index is 5.16. The van der Waals surface area contributed by atoms with E-state index in [-0.39, 0.29) is 0 Å². The van der Waals surface area contributed by atoms with Crippen LogP contribution in [0.25, 0.3) is 0 Å². The minimum Gasteiger partial charge on any atom is -0.497 e. The van der Waals surface area contributed by atoms with E-state index in [4.69, 9.17) is 9.47 Å². The Hall–Kier alpha value is -2.76. The molecule has 0 saturated heterocycles. The van der Waals surface area contributed by atoms with Crippen molar-refractivity contribution in [1.29, 1.82) is 0 Å². The largest absolute Gasteiger partial charge is 0.497 e. The molecule has 0 fully saturated rings. The van der Waals surface area contributed by atoms with Gasteiger partial charge in [0, 0.05) is 12.6 Å². The van der Waals surface area contributed by atoms with Crippen LogP contribution >= 0.6 is 0 Å². The molecule has 0 spiro atoms. The second-order valence-electron chi connectivity index (χ2n) is 5.07. The van der Waals surface area contributed by atoms with Gasteiger partial charge in [0.1, 0.15) is 5.75 Å². The minimum absolute atomic E-state index is 0.575. The lowest BCUT2D eigenvalue weighted by molar-refractivity contribution is 0.396. The van der Waals surface area contributed by atoms with Gasteiger partial charge >= 0.3 is 0 Å². The molecule has 2 aromatic rings. The summed E-state index contributed by atoms with van der Waals surface area (Å²) < 4.78 is 10.3. The number of hydrogen-bond acceptors (Lipinski definition) is 4. The lowest BCUT2D eigenvalue weighted by Gasteiger charge is -2.11. The molecule has 0 amide bonds. The van der Waals surface area contributed by atoms with Crippen molar-refractivity contribution in [2.24, 2.45) is 4.99 Å². The van der Waals surface area contributed by atoms with Crippen LogP contribution in [0.1, 0.15) is 18.2 Å². The number of methoxy groups -OCH3 is 2. The number of nitrogens with one attached hydrogen (secondary N) is 2. The van der Waals surface area contributed by atoms with E-state index >= 15 is 0 Å². The molecule has 128 valence electrons. The number of benzene rings is 1. The van der Waals surface area contributed by atoms with E-state index in [2.05, 4.69) is 20.6 Å². The SMILES string of the molecule is CCNC(=NCc1ccc(OC)cc1)NCc1cccc(OC)n1. The van der Waals surface area contributed by atoms with Gasteiger partial charge in [-0.05, 0) is 30.7 Å². The Labute approximate surface area is 142 Å². The molecule has 6 nitrogen and oxygen atoms in total. The van der Waals surface area contributed by atoms with E-state index in [0.717, 1.165) is 29.5 Å². The van der Waals surface area contributed by atoms with Crippen LogP contribution in [0.5, 0.6) is 11.6 Å². The lowest BCUT2D eigenvalue weighted by atomic mass is 10.2. The molecule has 0 saturated carbocycles. The second kappa shape index (κ2) is 9.39. The highest BCUT2D eigenvalue weighted by atomic mass is 16.5. The monoisotopic (exact) mass is 328 g/mol. The van der Waals surface area contributed by atoms with Crippen LogP contribution in [0, 0.1) is 0 Å². The van der Waals surface area contributed by atoms with Crippen LogP contribution < -0.4 is 20.1 Å². The average Bonchev–Trinajstić information content (AvgIpc) is 2.64. The van der Waals surface area contributed by atoms with E-state index in [1.165, 1.54) is 0 Å². The van der Waals surface area contributed by atoms with Crippen molar-refractivity contribution in [2.75, 3.05) is 20.8 Å². The second-order valence-corrected chi connectivity index (χ2v) is 5.07. The molecule has 0 bridgehead atoms. The summed E-state index contributed by atoms with van der Waals surface area (Å²) in [6.07, 6.45) is 0. The third-order valence-electron chi connectivity index (χ3n) is 3.35. The Bertz CT molecular complexity index is 656. The van der Waals surface area contributed by atoms with Crippen LogP contribution in [0.4, 0.5) is 0 Å². The highest BCUT2D eigenvalue weighted by molar-refractivity contribution is 5.79. The zero-order chi connectivity index (χ0) is 17.2. The maximum Gasteiger partial charge on any atom is 0.213 e. The first kappa shape index (κ1) is 17.6. The normalized spacial score (nSPS) is 11.0.